The van der Waals surface area contributed by atoms with E-state index in [4.69, 9.17) is 4.74 Å². The monoisotopic (exact) mass is 392 g/mol. The van der Waals surface area contributed by atoms with Crippen LogP contribution in [0.5, 0.6) is 0 Å². The van der Waals surface area contributed by atoms with Gasteiger partial charge in [0, 0.05) is 25.7 Å². The fourth-order valence-electron chi connectivity index (χ4n) is 2.86. The molecule has 0 aliphatic heterocycles. The first-order valence-electron chi connectivity index (χ1n) is 9.75. The van der Waals surface area contributed by atoms with Gasteiger partial charge in [0.2, 0.25) is 0 Å². The van der Waals surface area contributed by atoms with Crippen LogP contribution < -0.4 is 10.6 Å². The average Bonchev–Trinajstić information content (AvgIpc) is 3.30. The van der Waals surface area contributed by atoms with E-state index in [9.17, 15) is 0 Å². The number of benzene rings is 2. The fraction of sp³-hybridized carbons (Fsp3) is 0.318. The van der Waals surface area contributed by atoms with Crippen molar-refractivity contribution < 1.29 is 4.74 Å². The van der Waals surface area contributed by atoms with Gasteiger partial charge in [-0.05, 0) is 23.1 Å². The van der Waals surface area contributed by atoms with Crippen LogP contribution >= 0.6 is 0 Å². The van der Waals surface area contributed by atoms with Crippen molar-refractivity contribution in [1.29, 1.82) is 0 Å². The Labute approximate surface area is 171 Å². The molecule has 3 rings (SSSR count). The molecule has 3 N–H and O–H groups in total. The number of nitrogens with one attached hydrogen (secondary N) is 3. The SMILES string of the molecule is CN=C(NCc1cccc(-c2ncn[nH]2)c1)NCC(C)COCc1ccccc1. The van der Waals surface area contributed by atoms with Crippen LogP contribution in [-0.2, 0) is 17.9 Å². The van der Waals surface area contributed by atoms with E-state index in [0.717, 1.165) is 29.5 Å². The number of H-pyrrole nitrogens is 1. The topological polar surface area (TPSA) is 87.2 Å². The van der Waals surface area contributed by atoms with Gasteiger partial charge in [-0.2, -0.15) is 5.10 Å². The molecule has 0 spiro atoms. The minimum Gasteiger partial charge on any atom is -0.376 e. The second-order valence-corrected chi connectivity index (χ2v) is 6.95. The van der Waals surface area contributed by atoms with Crippen LogP contribution in [0.1, 0.15) is 18.1 Å². The molecule has 0 saturated carbocycles. The first-order chi connectivity index (χ1) is 14.2. The Hall–Kier alpha value is -3.19. The Balaban J connectivity index is 1.40. The maximum atomic E-state index is 5.81. The summed E-state index contributed by atoms with van der Waals surface area (Å²) in [6.07, 6.45) is 1.51. The number of aromatic amines is 1. The van der Waals surface area contributed by atoms with Crippen molar-refractivity contribution >= 4 is 5.96 Å². The lowest BCUT2D eigenvalue weighted by molar-refractivity contribution is 0.0931. The quantitative estimate of drug-likeness (QED) is 0.385. The fourth-order valence-corrected chi connectivity index (χ4v) is 2.86. The van der Waals surface area contributed by atoms with Crippen molar-refractivity contribution in [2.45, 2.75) is 20.1 Å². The maximum absolute atomic E-state index is 5.81. The van der Waals surface area contributed by atoms with E-state index in [1.807, 2.05) is 30.3 Å². The van der Waals surface area contributed by atoms with Crippen molar-refractivity contribution in [2.75, 3.05) is 20.2 Å². The normalized spacial score (nSPS) is 12.6. The lowest BCUT2D eigenvalue weighted by Crippen LogP contribution is -2.39. The smallest absolute Gasteiger partial charge is 0.191 e. The Kier molecular flexibility index (Phi) is 7.77. The summed E-state index contributed by atoms with van der Waals surface area (Å²) in [5.74, 6) is 1.90. The molecule has 152 valence electrons. The van der Waals surface area contributed by atoms with Crippen LogP contribution in [0.3, 0.4) is 0 Å². The molecular weight excluding hydrogens is 364 g/mol. The van der Waals surface area contributed by atoms with E-state index in [1.54, 1.807) is 7.05 Å². The van der Waals surface area contributed by atoms with Crippen LogP contribution in [0.4, 0.5) is 0 Å². The van der Waals surface area contributed by atoms with E-state index < -0.39 is 0 Å². The van der Waals surface area contributed by atoms with Gasteiger partial charge in [0.15, 0.2) is 11.8 Å². The molecule has 3 aromatic rings. The highest BCUT2D eigenvalue weighted by atomic mass is 16.5. The molecule has 1 unspecified atom stereocenters. The summed E-state index contributed by atoms with van der Waals surface area (Å²) in [7, 11) is 1.77. The molecule has 0 amide bonds. The molecule has 2 aromatic carbocycles. The zero-order chi connectivity index (χ0) is 20.3. The summed E-state index contributed by atoms with van der Waals surface area (Å²) in [5.41, 5.74) is 3.34. The molecule has 1 heterocycles. The van der Waals surface area contributed by atoms with Gasteiger partial charge in [-0.15, -0.1) is 0 Å². The predicted molar refractivity (Wildman–Crippen MR) is 115 cm³/mol. The number of nitrogens with zero attached hydrogens (tertiary/aromatic N) is 3. The molecule has 1 atom stereocenters. The summed E-state index contributed by atoms with van der Waals surface area (Å²) >= 11 is 0. The molecule has 7 heteroatoms. The molecule has 7 nitrogen and oxygen atoms in total. The zero-order valence-corrected chi connectivity index (χ0v) is 16.9. The number of aliphatic imine (C=N–C) groups is 1. The highest BCUT2D eigenvalue weighted by molar-refractivity contribution is 5.79. The summed E-state index contributed by atoms with van der Waals surface area (Å²) in [5, 5.41) is 13.5. The lowest BCUT2D eigenvalue weighted by atomic mass is 10.1. The molecule has 1 aromatic heterocycles. The summed E-state index contributed by atoms with van der Waals surface area (Å²) in [4.78, 5) is 8.50. The van der Waals surface area contributed by atoms with Crippen LogP contribution in [0.25, 0.3) is 11.4 Å². The van der Waals surface area contributed by atoms with Gasteiger partial charge in [0.25, 0.3) is 0 Å². The van der Waals surface area contributed by atoms with Gasteiger partial charge >= 0.3 is 0 Å². The number of aromatic nitrogens is 3. The number of guanidine groups is 1. The second-order valence-electron chi connectivity index (χ2n) is 6.95. The van der Waals surface area contributed by atoms with Crippen molar-refractivity contribution in [3.8, 4) is 11.4 Å². The summed E-state index contributed by atoms with van der Waals surface area (Å²) in [6, 6.07) is 18.4. The van der Waals surface area contributed by atoms with Crippen LogP contribution in [0, 0.1) is 5.92 Å². The van der Waals surface area contributed by atoms with Crippen molar-refractivity contribution in [3.63, 3.8) is 0 Å². The van der Waals surface area contributed by atoms with Crippen molar-refractivity contribution in [3.05, 3.63) is 72.1 Å². The van der Waals surface area contributed by atoms with Gasteiger partial charge in [-0.25, -0.2) is 4.98 Å². The van der Waals surface area contributed by atoms with E-state index in [0.29, 0.717) is 25.7 Å². The molecule has 0 fully saturated rings. The molecular formula is C22H28N6O. The Morgan fingerprint density at radius 3 is 2.69 bits per heavy atom. The lowest BCUT2D eigenvalue weighted by Gasteiger charge is -2.16. The van der Waals surface area contributed by atoms with E-state index in [1.165, 1.54) is 11.9 Å². The minimum absolute atomic E-state index is 0.368. The van der Waals surface area contributed by atoms with Crippen LogP contribution in [0.2, 0.25) is 0 Å². The van der Waals surface area contributed by atoms with E-state index >= 15 is 0 Å². The first-order valence-corrected chi connectivity index (χ1v) is 9.75. The standard InChI is InChI=1S/C22H28N6O/c1-17(14-29-15-18-7-4-3-5-8-18)12-24-22(23-2)25-13-19-9-6-10-20(11-19)21-26-16-27-28-21/h3-11,16-17H,12-15H2,1-2H3,(H2,23,24,25)(H,26,27,28). The van der Waals surface area contributed by atoms with Crippen molar-refractivity contribution in [2.24, 2.45) is 10.9 Å². The van der Waals surface area contributed by atoms with Gasteiger partial charge < -0.3 is 15.4 Å². The Morgan fingerprint density at radius 2 is 1.93 bits per heavy atom. The average molecular weight is 393 g/mol. The molecule has 0 bridgehead atoms. The third kappa shape index (κ3) is 6.73. The largest absolute Gasteiger partial charge is 0.376 e. The van der Waals surface area contributed by atoms with Gasteiger partial charge in [0.05, 0.1) is 13.2 Å². The van der Waals surface area contributed by atoms with Crippen LogP contribution in [-0.4, -0.2) is 41.3 Å². The van der Waals surface area contributed by atoms with Gasteiger partial charge in [-0.3, -0.25) is 10.1 Å². The molecule has 0 radical (unpaired) electrons. The predicted octanol–water partition coefficient (Wildman–Crippen LogP) is 2.99. The molecule has 0 saturated heterocycles. The summed E-state index contributed by atoms with van der Waals surface area (Å²) in [6.45, 7) is 4.94. The Bertz CT molecular complexity index is 879. The highest BCUT2D eigenvalue weighted by Gasteiger charge is 2.06. The van der Waals surface area contributed by atoms with E-state index in [2.05, 4.69) is 62.0 Å². The zero-order valence-electron chi connectivity index (χ0n) is 16.9. The molecule has 29 heavy (non-hydrogen) atoms. The number of hydrogen-bond acceptors (Lipinski definition) is 4. The molecule has 0 aliphatic carbocycles. The van der Waals surface area contributed by atoms with Gasteiger partial charge in [-0.1, -0.05) is 55.5 Å². The number of hydrogen-bond donors (Lipinski definition) is 3. The number of rotatable bonds is 9. The Morgan fingerprint density at radius 1 is 1.10 bits per heavy atom. The molecule has 0 aliphatic rings. The first kappa shape index (κ1) is 20.5. The number of ether oxygens (including phenoxy) is 1. The minimum atomic E-state index is 0.368. The van der Waals surface area contributed by atoms with Crippen molar-refractivity contribution in [1.82, 2.24) is 25.8 Å². The third-order valence-corrected chi connectivity index (χ3v) is 4.43. The summed E-state index contributed by atoms with van der Waals surface area (Å²) < 4.78 is 5.81. The van der Waals surface area contributed by atoms with Gasteiger partial charge in [0.1, 0.15) is 6.33 Å². The maximum Gasteiger partial charge on any atom is 0.191 e. The van der Waals surface area contributed by atoms with E-state index in [-0.39, 0.29) is 0 Å². The van der Waals surface area contributed by atoms with Crippen LogP contribution in [0.15, 0.2) is 65.9 Å². The highest BCUT2D eigenvalue weighted by Crippen LogP contribution is 2.15. The third-order valence-electron chi connectivity index (χ3n) is 4.43. The second kappa shape index (κ2) is 11.0.